The standard InChI is InChI=1S/C21H22Cl2N4O2S/c1-12-6-5-7-18(13(12)2)29-14(3)20-25-26-21(27(20)4)30-11-19(28)24-17-9-8-15(22)10-16(17)23/h5-10,14H,11H2,1-4H3,(H,24,28). The van der Waals surface area contributed by atoms with E-state index in [0.29, 0.717) is 26.7 Å². The first kappa shape index (κ1) is 22.5. The molecule has 0 bridgehead atoms. The van der Waals surface area contributed by atoms with Crippen LogP contribution in [0.3, 0.4) is 0 Å². The van der Waals surface area contributed by atoms with Crippen LogP contribution in [0, 0.1) is 13.8 Å². The van der Waals surface area contributed by atoms with Crippen LogP contribution < -0.4 is 10.1 Å². The van der Waals surface area contributed by atoms with Gasteiger partial charge in [-0.2, -0.15) is 0 Å². The quantitative estimate of drug-likeness (QED) is 0.460. The summed E-state index contributed by atoms with van der Waals surface area (Å²) in [6, 6.07) is 10.9. The Morgan fingerprint density at radius 2 is 2.00 bits per heavy atom. The van der Waals surface area contributed by atoms with Crippen molar-refractivity contribution in [1.82, 2.24) is 14.8 Å². The van der Waals surface area contributed by atoms with Crippen molar-refractivity contribution in [2.45, 2.75) is 32.0 Å². The van der Waals surface area contributed by atoms with E-state index in [-0.39, 0.29) is 17.8 Å². The van der Waals surface area contributed by atoms with Crippen LogP contribution in [0.15, 0.2) is 41.6 Å². The fraction of sp³-hybridized carbons (Fsp3) is 0.286. The summed E-state index contributed by atoms with van der Waals surface area (Å²) >= 11 is 13.3. The summed E-state index contributed by atoms with van der Waals surface area (Å²) in [7, 11) is 1.86. The van der Waals surface area contributed by atoms with Crippen molar-refractivity contribution in [3.8, 4) is 5.75 Å². The lowest BCUT2D eigenvalue weighted by Crippen LogP contribution is -2.15. The minimum atomic E-state index is -0.293. The van der Waals surface area contributed by atoms with Gasteiger partial charge in [-0.15, -0.1) is 10.2 Å². The number of nitrogens with one attached hydrogen (secondary N) is 1. The first-order valence-corrected chi connectivity index (χ1v) is 11.0. The van der Waals surface area contributed by atoms with Crippen LogP contribution in [-0.2, 0) is 11.8 Å². The Morgan fingerprint density at radius 3 is 2.73 bits per heavy atom. The second-order valence-electron chi connectivity index (χ2n) is 6.82. The first-order valence-electron chi connectivity index (χ1n) is 9.26. The van der Waals surface area contributed by atoms with Gasteiger partial charge in [-0.1, -0.05) is 47.1 Å². The molecule has 0 aliphatic rings. The van der Waals surface area contributed by atoms with Crippen molar-refractivity contribution >= 4 is 46.6 Å². The summed E-state index contributed by atoms with van der Waals surface area (Å²) in [6.07, 6.45) is -0.293. The molecule has 0 fully saturated rings. The summed E-state index contributed by atoms with van der Waals surface area (Å²) in [6.45, 7) is 6.00. The largest absolute Gasteiger partial charge is 0.482 e. The fourth-order valence-electron chi connectivity index (χ4n) is 2.81. The van der Waals surface area contributed by atoms with Crippen molar-refractivity contribution in [2.24, 2.45) is 7.05 Å². The van der Waals surface area contributed by atoms with Gasteiger partial charge in [0.2, 0.25) is 5.91 Å². The van der Waals surface area contributed by atoms with Crippen molar-refractivity contribution in [3.05, 3.63) is 63.4 Å². The molecule has 0 spiro atoms. The van der Waals surface area contributed by atoms with Crippen LogP contribution in [0.5, 0.6) is 5.75 Å². The zero-order chi connectivity index (χ0) is 21.8. The molecule has 1 amide bonds. The number of nitrogens with zero attached hydrogens (tertiary/aromatic N) is 3. The van der Waals surface area contributed by atoms with Crippen molar-refractivity contribution in [2.75, 3.05) is 11.1 Å². The Morgan fingerprint density at radius 1 is 1.23 bits per heavy atom. The Bertz CT molecular complexity index is 1070. The lowest BCUT2D eigenvalue weighted by Gasteiger charge is -2.16. The second-order valence-corrected chi connectivity index (χ2v) is 8.61. The van der Waals surface area contributed by atoms with Crippen LogP contribution >= 0.6 is 35.0 Å². The van der Waals surface area contributed by atoms with Gasteiger partial charge >= 0.3 is 0 Å². The smallest absolute Gasteiger partial charge is 0.234 e. The molecule has 1 heterocycles. The highest BCUT2D eigenvalue weighted by atomic mass is 35.5. The predicted octanol–water partition coefficient (Wildman–Crippen LogP) is 5.61. The number of hydrogen-bond acceptors (Lipinski definition) is 5. The van der Waals surface area contributed by atoms with E-state index in [1.54, 1.807) is 18.2 Å². The van der Waals surface area contributed by atoms with E-state index in [2.05, 4.69) is 15.5 Å². The molecule has 0 saturated heterocycles. The van der Waals surface area contributed by atoms with Crippen molar-refractivity contribution in [1.29, 1.82) is 0 Å². The average molecular weight is 465 g/mol. The molecule has 0 aliphatic heterocycles. The third kappa shape index (κ3) is 5.28. The summed E-state index contributed by atoms with van der Waals surface area (Å²) in [5.41, 5.74) is 2.78. The predicted molar refractivity (Wildman–Crippen MR) is 122 cm³/mol. The number of amides is 1. The normalized spacial score (nSPS) is 11.9. The van der Waals surface area contributed by atoms with Gasteiger partial charge < -0.3 is 14.6 Å². The molecular formula is C21H22Cl2N4O2S. The van der Waals surface area contributed by atoms with Gasteiger partial charge in [-0.05, 0) is 56.2 Å². The van der Waals surface area contributed by atoms with Crippen molar-refractivity contribution < 1.29 is 9.53 Å². The zero-order valence-electron chi connectivity index (χ0n) is 17.1. The zero-order valence-corrected chi connectivity index (χ0v) is 19.4. The lowest BCUT2D eigenvalue weighted by atomic mass is 10.1. The monoisotopic (exact) mass is 464 g/mol. The minimum Gasteiger partial charge on any atom is -0.482 e. The average Bonchev–Trinajstić information content (AvgIpc) is 3.06. The fourth-order valence-corrected chi connectivity index (χ4v) is 3.98. The van der Waals surface area contributed by atoms with Crippen LogP contribution in [0.1, 0.15) is 30.0 Å². The molecule has 0 radical (unpaired) electrons. The molecule has 3 rings (SSSR count). The molecule has 3 aromatic rings. The van der Waals surface area contributed by atoms with Gasteiger partial charge in [-0.25, -0.2) is 0 Å². The highest BCUT2D eigenvalue weighted by molar-refractivity contribution is 7.99. The SMILES string of the molecule is Cc1cccc(OC(C)c2nnc(SCC(=O)Nc3ccc(Cl)cc3Cl)n2C)c1C. The van der Waals surface area contributed by atoms with E-state index in [1.165, 1.54) is 17.3 Å². The number of anilines is 1. The summed E-state index contributed by atoms with van der Waals surface area (Å²) in [4.78, 5) is 12.3. The van der Waals surface area contributed by atoms with E-state index >= 15 is 0 Å². The summed E-state index contributed by atoms with van der Waals surface area (Å²) in [5.74, 6) is 1.46. The van der Waals surface area contributed by atoms with E-state index in [1.807, 2.05) is 50.6 Å². The molecule has 1 unspecified atom stereocenters. The minimum absolute atomic E-state index is 0.164. The number of ether oxygens (including phenoxy) is 1. The van der Waals surface area contributed by atoms with Crippen LogP contribution in [0.2, 0.25) is 10.0 Å². The maximum absolute atomic E-state index is 12.3. The molecule has 1 N–H and O–H groups in total. The molecule has 1 atom stereocenters. The number of hydrogen-bond donors (Lipinski definition) is 1. The lowest BCUT2D eigenvalue weighted by molar-refractivity contribution is -0.113. The third-order valence-electron chi connectivity index (χ3n) is 4.63. The molecule has 0 saturated carbocycles. The van der Waals surface area contributed by atoms with Crippen LogP contribution in [0.25, 0.3) is 0 Å². The molecular weight excluding hydrogens is 443 g/mol. The highest BCUT2D eigenvalue weighted by Gasteiger charge is 2.19. The molecule has 1 aromatic heterocycles. The number of aryl methyl sites for hydroxylation is 1. The van der Waals surface area contributed by atoms with Crippen molar-refractivity contribution in [3.63, 3.8) is 0 Å². The number of aromatic nitrogens is 3. The van der Waals surface area contributed by atoms with E-state index in [0.717, 1.165) is 11.3 Å². The molecule has 0 aliphatic carbocycles. The number of carbonyl (C=O) groups is 1. The van der Waals surface area contributed by atoms with E-state index < -0.39 is 0 Å². The maximum Gasteiger partial charge on any atom is 0.234 e. The number of benzene rings is 2. The van der Waals surface area contributed by atoms with Crippen LogP contribution in [0.4, 0.5) is 5.69 Å². The van der Waals surface area contributed by atoms with Gasteiger partial charge in [-0.3, -0.25) is 4.79 Å². The second kappa shape index (κ2) is 9.73. The Balaban J connectivity index is 1.62. The molecule has 6 nitrogen and oxygen atoms in total. The first-order chi connectivity index (χ1) is 14.3. The molecule has 9 heteroatoms. The van der Waals surface area contributed by atoms with Gasteiger partial charge in [0.15, 0.2) is 17.1 Å². The van der Waals surface area contributed by atoms with Crippen LogP contribution in [-0.4, -0.2) is 26.4 Å². The Kier molecular flexibility index (Phi) is 7.28. The summed E-state index contributed by atoms with van der Waals surface area (Å²) in [5, 5.41) is 12.7. The number of carbonyl (C=O) groups excluding carboxylic acids is 1. The topological polar surface area (TPSA) is 69.0 Å². The number of rotatable bonds is 7. The van der Waals surface area contributed by atoms with Gasteiger partial charge in [0, 0.05) is 12.1 Å². The third-order valence-corrected chi connectivity index (χ3v) is 6.20. The van der Waals surface area contributed by atoms with E-state index in [4.69, 9.17) is 27.9 Å². The highest BCUT2D eigenvalue weighted by Crippen LogP contribution is 2.28. The van der Waals surface area contributed by atoms with E-state index in [9.17, 15) is 4.79 Å². The summed E-state index contributed by atoms with van der Waals surface area (Å²) < 4.78 is 7.93. The molecule has 2 aromatic carbocycles. The van der Waals surface area contributed by atoms with Gasteiger partial charge in [0.05, 0.1) is 16.5 Å². The maximum atomic E-state index is 12.3. The number of halogens is 2. The Hall–Kier alpha value is -2.22. The van der Waals surface area contributed by atoms with Gasteiger partial charge in [0.25, 0.3) is 0 Å². The molecule has 158 valence electrons. The van der Waals surface area contributed by atoms with Gasteiger partial charge in [0.1, 0.15) is 5.75 Å². The Labute approximate surface area is 189 Å². The molecule has 30 heavy (non-hydrogen) atoms. The number of thioether (sulfide) groups is 1.